The van der Waals surface area contributed by atoms with Gasteiger partial charge in [-0.05, 0) is 55.4 Å². The molecule has 9 heteroatoms. The molecule has 0 radical (unpaired) electrons. The minimum absolute atomic E-state index is 0.0185. The van der Waals surface area contributed by atoms with Gasteiger partial charge in [0.05, 0.1) is 21.1 Å². The quantitative estimate of drug-likeness (QED) is 0.493. The van der Waals surface area contributed by atoms with E-state index in [2.05, 4.69) is 20.5 Å². The molecule has 2 aromatic carbocycles. The summed E-state index contributed by atoms with van der Waals surface area (Å²) in [5.74, 6) is 0. The largest absolute Gasteiger partial charge is 0.361 e. The molecule has 6 nitrogen and oxygen atoms in total. The molecule has 0 aliphatic carbocycles. The number of fused-ring (bicyclic) bond motifs is 1. The number of anilines is 1. The molecular weight excluding hydrogens is 441 g/mol. The van der Waals surface area contributed by atoms with Crippen molar-refractivity contribution >= 4 is 57.3 Å². The Bertz CT molecular complexity index is 1100. The molecule has 0 bridgehead atoms. The molecule has 0 unspecified atom stereocenters. The number of para-hydroxylation sites is 2. The lowest BCUT2D eigenvalue weighted by Crippen LogP contribution is -2.41. The zero-order valence-electron chi connectivity index (χ0n) is 16.3. The Kier molecular flexibility index (Phi) is 6.63. The van der Waals surface area contributed by atoms with Gasteiger partial charge in [0.1, 0.15) is 0 Å². The smallest absolute Gasteiger partial charge is 0.326 e. The van der Waals surface area contributed by atoms with E-state index in [4.69, 9.17) is 35.4 Å². The van der Waals surface area contributed by atoms with Gasteiger partial charge in [0.25, 0.3) is 0 Å². The molecule has 1 fully saturated rings. The van der Waals surface area contributed by atoms with Crippen molar-refractivity contribution in [1.29, 1.82) is 0 Å². The van der Waals surface area contributed by atoms with Gasteiger partial charge in [0, 0.05) is 37.9 Å². The Morgan fingerprint density at radius 3 is 2.67 bits per heavy atom. The normalized spacial score (nSPS) is 15.4. The number of likely N-dealkylation sites (tertiary alicyclic amines) is 1. The van der Waals surface area contributed by atoms with Crippen LogP contribution in [-0.4, -0.2) is 45.7 Å². The van der Waals surface area contributed by atoms with Crippen molar-refractivity contribution in [2.24, 2.45) is 0 Å². The van der Waals surface area contributed by atoms with Gasteiger partial charge >= 0.3 is 5.69 Å². The van der Waals surface area contributed by atoms with E-state index in [-0.39, 0.29) is 11.7 Å². The van der Waals surface area contributed by atoms with Crippen LogP contribution in [0.1, 0.15) is 18.9 Å². The first-order valence-corrected chi connectivity index (χ1v) is 11.1. The number of nitrogens with zero attached hydrogens (tertiary/aromatic N) is 2. The van der Waals surface area contributed by atoms with Crippen LogP contribution in [0.15, 0.2) is 47.3 Å². The fourth-order valence-electron chi connectivity index (χ4n) is 3.91. The van der Waals surface area contributed by atoms with Gasteiger partial charge < -0.3 is 20.5 Å². The number of rotatable bonds is 5. The number of benzene rings is 2. The van der Waals surface area contributed by atoms with Crippen LogP contribution in [0.2, 0.25) is 10.0 Å². The molecule has 30 heavy (non-hydrogen) atoms. The highest BCUT2D eigenvalue weighted by atomic mass is 35.5. The van der Waals surface area contributed by atoms with E-state index < -0.39 is 0 Å². The molecule has 0 atom stereocenters. The first kappa shape index (κ1) is 21.2. The maximum absolute atomic E-state index is 12.4. The van der Waals surface area contributed by atoms with E-state index >= 15 is 0 Å². The van der Waals surface area contributed by atoms with E-state index in [1.165, 1.54) is 0 Å². The standard InChI is InChI=1S/C21H23Cl2N5OS/c22-16-6-5-14(13-17(16)23)25-20(30)24-9-12-27-10-7-15(8-11-27)28-19-4-2-1-3-18(19)26-21(28)29/h1-6,13,15H,7-12H2,(H,26,29)(H2,24,25,30). The third kappa shape index (κ3) is 4.81. The number of halogens is 2. The lowest BCUT2D eigenvalue weighted by Gasteiger charge is -2.32. The van der Waals surface area contributed by atoms with Gasteiger partial charge in [-0.2, -0.15) is 0 Å². The van der Waals surface area contributed by atoms with Crippen LogP contribution in [0.25, 0.3) is 11.0 Å². The average molecular weight is 464 g/mol. The summed E-state index contributed by atoms with van der Waals surface area (Å²) >= 11 is 17.3. The second kappa shape index (κ2) is 9.39. The third-order valence-electron chi connectivity index (χ3n) is 5.44. The van der Waals surface area contributed by atoms with Gasteiger partial charge in [0.2, 0.25) is 0 Å². The number of aromatic amines is 1. The van der Waals surface area contributed by atoms with Crippen molar-refractivity contribution in [2.75, 3.05) is 31.5 Å². The van der Waals surface area contributed by atoms with Gasteiger partial charge in [0.15, 0.2) is 5.11 Å². The van der Waals surface area contributed by atoms with Crippen molar-refractivity contribution in [1.82, 2.24) is 19.8 Å². The van der Waals surface area contributed by atoms with Crippen LogP contribution in [0, 0.1) is 0 Å². The number of imidazole rings is 1. The van der Waals surface area contributed by atoms with E-state index in [9.17, 15) is 4.79 Å². The van der Waals surface area contributed by atoms with E-state index in [0.717, 1.165) is 55.7 Å². The lowest BCUT2D eigenvalue weighted by molar-refractivity contribution is 0.189. The zero-order valence-corrected chi connectivity index (χ0v) is 18.7. The maximum Gasteiger partial charge on any atom is 0.326 e. The molecule has 4 rings (SSSR count). The fourth-order valence-corrected chi connectivity index (χ4v) is 4.43. The number of H-pyrrole nitrogens is 1. The summed E-state index contributed by atoms with van der Waals surface area (Å²) < 4.78 is 1.92. The first-order valence-electron chi connectivity index (χ1n) is 9.93. The summed E-state index contributed by atoms with van der Waals surface area (Å²) in [5, 5.41) is 7.89. The highest BCUT2D eigenvalue weighted by Crippen LogP contribution is 2.25. The number of piperidine rings is 1. The number of hydrogen-bond acceptors (Lipinski definition) is 3. The van der Waals surface area contributed by atoms with Crippen molar-refractivity contribution in [2.45, 2.75) is 18.9 Å². The molecule has 2 heterocycles. The maximum atomic E-state index is 12.4. The van der Waals surface area contributed by atoms with Gasteiger partial charge in [-0.1, -0.05) is 35.3 Å². The predicted molar refractivity (Wildman–Crippen MR) is 128 cm³/mol. The van der Waals surface area contributed by atoms with E-state index in [0.29, 0.717) is 15.2 Å². The molecule has 0 amide bonds. The number of aromatic nitrogens is 2. The number of hydrogen-bond donors (Lipinski definition) is 3. The van der Waals surface area contributed by atoms with Crippen LogP contribution < -0.4 is 16.3 Å². The van der Waals surface area contributed by atoms with Crippen molar-refractivity contribution in [3.8, 4) is 0 Å². The van der Waals surface area contributed by atoms with Crippen molar-refractivity contribution < 1.29 is 0 Å². The third-order valence-corrected chi connectivity index (χ3v) is 6.42. The summed E-state index contributed by atoms with van der Waals surface area (Å²) in [5.41, 5.74) is 2.67. The Morgan fingerprint density at radius 2 is 1.90 bits per heavy atom. The van der Waals surface area contributed by atoms with E-state index in [1.807, 2.05) is 34.9 Å². The number of thiocarbonyl (C=S) groups is 1. The molecule has 0 spiro atoms. The van der Waals surface area contributed by atoms with Crippen LogP contribution in [-0.2, 0) is 0 Å². The summed E-state index contributed by atoms with van der Waals surface area (Å²) in [7, 11) is 0. The molecular formula is C21H23Cl2N5OS. The first-order chi connectivity index (χ1) is 14.5. The number of nitrogens with one attached hydrogen (secondary N) is 3. The Labute approximate surface area is 190 Å². The summed E-state index contributed by atoms with van der Waals surface area (Å²) in [6.07, 6.45) is 1.90. The molecule has 1 aliphatic rings. The highest BCUT2D eigenvalue weighted by Gasteiger charge is 2.23. The minimum Gasteiger partial charge on any atom is -0.361 e. The van der Waals surface area contributed by atoms with Crippen LogP contribution in [0.3, 0.4) is 0 Å². The van der Waals surface area contributed by atoms with Gasteiger partial charge in [-0.25, -0.2) is 4.79 Å². The van der Waals surface area contributed by atoms with Crippen molar-refractivity contribution in [3.63, 3.8) is 0 Å². The Balaban J connectivity index is 1.24. The molecule has 0 saturated carbocycles. The van der Waals surface area contributed by atoms with Gasteiger partial charge in [-0.3, -0.25) is 4.57 Å². The van der Waals surface area contributed by atoms with Crippen LogP contribution >= 0.6 is 35.4 Å². The fraction of sp³-hybridized carbons (Fsp3) is 0.333. The SMILES string of the molecule is O=c1[nH]c2ccccc2n1C1CCN(CCNC(=S)Nc2ccc(Cl)c(Cl)c2)CC1. The summed E-state index contributed by atoms with van der Waals surface area (Å²) in [4.78, 5) is 17.8. The van der Waals surface area contributed by atoms with E-state index in [1.54, 1.807) is 12.1 Å². The second-order valence-electron chi connectivity index (χ2n) is 7.40. The van der Waals surface area contributed by atoms with Crippen molar-refractivity contribution in [3.05, 3.63) is 63.0 Å². The molecule has 3 N–H and O–H groups in total. The lowest BCUT2D eigenvalue weighted by atomic mass is 10.0. The topological polar surface area (TPSA) is 65.1 Å². The monoisotopic (exact) mass is 463 g/mol. The van der Waals surface area contributed by atoms with Crippen LogP contribution in [0.4, 0.5) is 5.69 Å². The molecule has 1 aromatic heterocycles. The molecule has 1 saturated heterocycles. The van der Waals surface area contributed by atoms with Gasteiger partial charge in [-0.15, -0.1) is 0 Å². The molecule has 158 valence electrons. The predicted octanol–water partition coefficient (Wildman–Crippen LogP) is 4.26. The second-order valence-corrected chi connectivity index (χ2v) is 8.62. The zero-order chi connectivity index (χ0) is 21.1. The minimum atomic E-state index is -0.0185. The Morgan fingerprint density at radius 1 is 1.13 bits per heavy atom. The summed E-state index contributed by atoms with van der Waals surface area (Å²) in [6.45, 7) is 3.53. The average Bonchev–Trinajstić information content (AvgIpc) is 3.07. The molecule has 3 aromatic rings. The Hall–Kier alpha value is -2.06. The highest BCUT2D eigenvalue weighted by molar-refractivity contribution is 7.80. The summed E-state index contributed by atoms with van der Waals surface area (Å²) in [6, 6.07) is 13.4. The van der Waals surface area contributed by atoms with Crippen LogP contribution in [0.5, 0.6) is 0 Å². The molecule has 1 aliphatic heterocycles.